The van der Waals surface area contributed by atoms with Gasteiger partial charge in [0.05, 0.1) is 12.7 Å². The number of esters is 1. The van der Waals surface area contributed by atoms with E-state index in [0.717, 1.165) is 23.7 Å². The Morgan fingerprint density at radius 3 is 2.69 bits per heavy atom. The van der Waals surface area contributed by atoms with Gasteiger partial charge in [0.25, 0.3) is 0 Å². The van der Waals surface area contributed by atoms with Crippen LogP contribution in [-0.4, -0.2) is 18.4 Å². The normalized spacial score (nSPS) is 10.2. The van der Waals surface area contributed by atoms with Crippen molar-refractivity contribution in [3.8, 4) is 0 Å². The van der Waals surface area contributed by atoms with Crippen LogP contribution in [0.4, 0.5) is 0 Å². The molecule has 0 atom stereocenters. The minimum atomic E-state index is -0.276. The molecule has 0 aromatic heterocycles. The van der Waals surface area contributed by atoms with E-state index < -0.39 is 0 Å². The monoisotopic (exact) mass is 348 g/mol. The molecule has 0 heterocycles. The summed E-state index contributed by atoms with van der Waals surface area (Å²) in [5.74, 6) is -0.276. The van der Waals surface area contributed by atoms with Gasteiger partial charge in [-0.25, -0.2) is 4.79 Å². The first-order valence-corrected chi connectivity index (χ1v) is 7.29. The van der Waals surface area contributed by atoms with Gasteiger partial charge in [-0.15, -0.1) is 0 Å². The quantitative estimate of drug-likeness (QED) is 0.598. The van der Waals surface area contributed by atoms with Crippen LogP contribution in [0.5, 0.6) is 0 Å². The number of carbonyl (C=O) groups excluding carboxylic acids is 1. The number of hydrogen-bond acceptors (Lipinski definition) is 2. The fourth-order valence-electron chi connectivity index (χ4n) is 1.49. The van der Waals surface area contributed by atoms with Crippen LogP contribution in [0.15, 0.2) is 18.2 Å². The van der Waals surface area contributed by atoms with Crippen LogP contribution in [0, 0.1) is 0 Å². The maximum Gasteiger partial charge on any atom is 0.338 e. The summed E-state index contributed by atoms with van der Waals surface area (Å²) >= 11 is 6.80. The maximum atomic E-state index is 11.5. The molecule has 1 aromatic carbocycles. The molecule has 0 unspecified atom stereocenters. The van der Waals surface area contributed by atoms with Gasteiger partial charge in [0, 0.05) is 10.7 Å². The van der Waals surface area contributed by atoms with Gasteiger partial charge in [0.1, 0.15) is 0 Å². The van der Waals surface area contributed by atoms with E-state index in [-0.39, 0.29) is 5.97 Å². The summed E-state index contributed by atoms with van der Waals surface area (Å²) in [5, 5.41) is 1.66. The van der Waals surface area contributed by atoms with Crippen molar-refractivity contribution in [2.45, 2.75) is 18.2 Å². The van der Waals surface area contributed by atoms with E-state index in [9.17, 15) is 4.79 Å². The maximum absolute atomic E-state index is 11.5. The summed E-state index contributed by atoms with van der Waals surface area (Å²) in [4.78, 5) is 11.5. The van der Waals surface area contributed by atoms with Gasteiger partial charge in [-0.05, 0) is 30.0 Å². The Hall–Kier alpha value is -0.350. The van der Waals surface area contributed by atoms with Gasteiger partial charge in [-0.3, -0.25) is 0 Å². The molecule has 0 aliphatic rings. The zero-order valence-electron chi connectivity index (χ0n) is 9.13. The summed E-state index contributed by atoms with van der Waals surface area (Å²) in [6.45, 7) is 0. The standard InChI is InChI=1S/C12H14Br2O2/c1-16-12(15)11-5-4-9(3-2-6-13)7-10(11)8-14/h4-5,7H,2-3,6,8H2,1H3. The molecule has 16 heavy (non-hydrogen) atoms. The van der Waals surface area contributed by atoms with E-state index in [4.69, 9.17) is 4.74 Å². The smallest absolute Gasteiger partial charge is 0.338 e. The molecule has 1 rings (SSSR count). The second kappa shape index (κ2) is 7.07. The number of benzene rings is 1. The lowest BCUT2D eigenvalue weighted by atomic mass is 10.0. The van der Waals surface area contributed by atoms with E-state index in [1.807, 2.05) is 12.1 Å². The van der Waals surface area contributed by atoms with Crippen LogP contribution < -0.4 is 0 Å². The van der Waals surface area contributed by atoms with Crippen molar-refractivity contribution in [3.63, 3.8) is 0 Å². The number of aryl methyl sites for hydroxylation is 1. The largest absolute Gasteiger partial charge is 0.465 e. The Kier molecular flexibility index (Phi) is 6.06. The Balaban J connectivity index is 2.92. The highest BCUT2D eigenvalue weighted by Crippen LogP contribution is 2.17. The van der Waals surface area contributed by atoms with Crippen molar-refractivity contribution in [2.24, 2.45) is 0 Å². The first kappa shape index (κ1) is 13.7. The second-order valence-corrected chi connectivity index (χ2v) is 4.76. The molecular weight excluding hydrogens is 336 g/mol. The first-order valence-electron chi connectivity index (χ1n) is 5.05. The van der Waals surface area contributed by atoms with Crippen LogP contribution in [0.3, 0.4) is 0 Å². The molecule has 0 radical (unpaired) electrons. The molecule has 4 heteroatoms. The van der Waals surface area contributed by atoms with Crippen molar-refractivity contribution in [1.29, 1.82) is 0 Å². The number of rotatable bonds is 5. The molecule has 0 fully saturated rings. The topological polar surface area (TPSA) is 26.3 Å². The number of halogens is 2. The Morgan fingerprint density at radius 2 is 2.12 bits per heavy atom. The molecule has 0 bridgehead atoms. The summed E-state index contributed by atoms with van der Waals surface area (Å²) < 4.78 is 4.73. The summed E-state index contributed by atoms with van der Waals surface area (Å²) in [7, 11) is 1.40. The zero-order chi connectivity index (χ0) is 12.0. The fraction of sp³-hybridized carbons (Fsp3) is 0.417. The molecule has 0 saturated heterocycles. The Bertz CT molecular complexity index is 364. The van der Waals surface area contributed by atoms with Crippen molar-refractivity contribution >= 4 is 37.8 Å². The van der Waals surface area contributed by atoms with Crippen molar-refractivity contribution in [2.75, 3.05) is 12.4 Å². The molecule has 1 aromatic rings. The summed E-state index contributed by atoms with van der Waals surface area (Å²) in [6.07, 6.45) is 2.12. The second-order valence-electron chi connectivity index (χ2n) is 3.41. The average Bonchev–Trinajstić information content (AvgIpc) is 2.34. The third-order valence-corrected chi connectivity index (χ3v) is 3.48. The van der Waals surface area contributed by atoms with Crippen LogP contribution in [0.2, 0.25) is 0 Å². The van der Waals surface area contributed by atoms with Crippen LogP contribution in [-0.2, 0) is 16.5 Å². The highest BCUT2D eigenvalue weighted by atomic mass is 79.9. The highest BCUT2D eigenvalue weighted by Gasteiger charge is 2.11. The SMILES string of the molecule is COC(=O)c1ccc(CCCBr)cc1CBr. The van der Waals surface area contributed by atoms with Crippen molar-refractivity contribution in [3.05, 3.63) is 34.9 Å². The van der Waals surface area contributed by atoms with Crippen molar-refractivity contribution < 1.29 is 9.53 Å². The molecule has 88 valence electrons. The van der Waals surface area contributed by atoms with Gasteiger partial charge in [0.2, 0.25) is 0 Å². The van der Waals surface area contributed by atoms with Gasteiger partial charge < -0.3 is 4.74 Å². The van der Waals surface area contributed by atoms with Crippen molar-refractivity contribution in [1.82, 2.24) is 0 Å². The van der Waals surface area contributed by atoms with Gasteiger partial charge >= 0.3 is 5.97 Å². The van der Waals surface area contributed by atoms with E-state index in [1.165, 1.54) is 12.7 Å². The van der Waals surface area contributed by atoms with E-state index in [0.29, 0.717) is 10.9 Å². The highest BCUT2D eigenvalue weighted by molar-refractivity contribution is 9.09. The number of alkyl halides is 2. The van der Waals surface area contributed by atoms with Gasteiger partial charge in [-0.2, -0.15) is 0 Å². The molecule has 0 spiro atoms. The minimum Gasteiger partial charge on any atom is -0.465 e. The molecule has 2 nitrogen and oxygen atoms in total. The molecular formula is C12H14Br2O2. The predicted molar refractivity (Wildman–Crippen MR) is 72.5 cm³/mol. The number of methoxy groups -OCH3 is 1. The van der Waals surface area contributed by atoms with Crippen LogP contribution in [0.1, 0.15) is 27.9 Å². The molecule has 0 N–H and O–H groups in total. The zero-order valence-corrected chi connectivity index (χ0v) is 12.3. The minimum absolute atomic E-state index is 0.276. The lowest BCUT2D eigenvalue weighted by molar-refractivity contribution is 0.0600. The first-order chi connectivity index (χ1) is 7.72. The number of ether oxygens (including phenoxy) is 1. The van der Waals surface area contributed by atoms with Gasteiger partial charge in [0.15, 0.2) is 0 Å². The summed E-state index contributed by atoms with van der Waals surface area (Å²) in [6, 6.07) is 5.89. The van der Waals surface area contributed by atoms with Crippen LogP contribution in [0.25, 0.3) is 0 Å². The third-order valence-electron chi connectivity index (χ3n) is 2.32. The fourth-order valence-corrected chi connectivity index (χ4v) is 2.24. The lowest BCUT2D eigenvalue weighted by Crippen LogP contribution is -2.05. The molecule has 0 saturated carbocycles. The molecule has 0 aliphatic carbocycles. The van der Waals surface area contributed by atoms with Gasteiger partial charge in [-0.1, -0.05) is 44.0 Å². The number of hydrogen-bond donors (Lipinski definition) is 0. The van der Waals surface area contributed by atoms with E-state index in [2.05, 4.69) is 37.9 Å². The molecule has 0 amide bonds. The van der Waals surface area contributed by atoms with E-state index >= 15 is 0 Å². The summed E-state index contributed by atoms with van der Waals surface area (Å²) in [5.41, 5.74) is 2.88. The van der Waals surface area contributed by atoms with E-state index in [1.54, 1.807) is 0 Å². The number of carbonyl (C=O) groups is 1. The Morgan fingerprint density at radius 1 is 1.38 bits per heavy atom. The Labute approximate surface area is 113 Å². The predicted octanol–water partition coefficient (Wildman–Crippen LogP) is 3.70. The lowest BCUT2D eigenvalue weighted by Gasteiger charge is -2.08. The third kappa shape index (κ3) is 3.59. The average molecular weight is 350 g/mol. The van der Waals surface area contributed by atoms with Crippen LogP contribution >= 0.6 is 31.9 Å². The molecule has 0 aliphatic heterocycles.